The summed E-state index contributed by atoms with van der Waals surface area (Å²) in [4.78, 5) is 12.9. The minimum Gasteiger partial charge on any atom is -0.460 e. The minimum absolute atomic E-state index is 0. The average molecular weight is 397 g/mol. The molecule has 1 aliphatic rings. The number of esters is 1. The predicted octanol–water partition coefficient (Wildman–Crippen LogP) is 3.16. The van der Waals surface area contributed by atoms with E-state index in [1.165, 1.54) is 0 Å². The van der Waals surface area contributed by atoms with Gasteiger partial charge in [0.25, 0.3) is 0 Å². The maximum Gasteiger partial charge on any atom is 0.318 e. The number of carbonyl (C=O) groups is 1. The molecule has 3 rings (SSSR count). The lowest BCUT2D eigenvalue weighted by molar-refractivity contribution is -0.150. The van der Waals surface area contributed by atoms with Gasteiger partial charge in [-0.15, -0.1) is 24.8 Å². The summed E-state index contributed by atoms with van der Waals surface area (Å²) in [6.07, 6.45) is -0.180. The van der Waals surface area contributed by atoms with Gasteiger partial charge in [-0.25, -0.2) is 0 Å². The van der Waals surface area contributed by atoms with Crippen molar-refractivity contribution in [3.8, 4) is 0 Å². The van der Waals surface area contributed by atoms with Crippen molar-refractivity contribution in [3.63, 3.8) is 0 Å². The lowest BCUT2D eigenvalue weighted by atomic mass is 9.91. The molecule has 6 heteroatoms. The maximum absolute atomic E-state index is 12.9. The average Bonchev–Trinajstić information content (AvgIpc) is 2.64. The highest BCUT2D eigenvalue weighted by atomic mass is 35.5. The van der Waals surface area contributed by atoms with E-state index in [0.717, 1.165) is 30.8 Å². The van der Waals surface area contributed by atoms with E-state index in [-0.39, 0.29) is 42.9 Å². The van der Waals surface area contributed by atoms with Crippen LogP contribution in [0, 0.1) is 0 Å². The van der Waals surface area contributed by atoms with E-state index < -0.39 is 5.92 Å². The third-order valence-electron chi connectivity index (χ3n) is 4.44. The number of rotatable bonds is 5. The first kappa shape index (κ1) is 22.5. The van der Waals surface area contributed by atoms with E-state index in [0.29, 0.717) is 0 Å². The minimum atomic E-state index is -0.397. The lowest BCUT2D eigenvalue weighted by Gasteiger charge is -2.30. The smallest absolute Gasteiger partial charge is 0.318 e. The van der Waals surface area contributed by atoms with Crippen molar-refractivity contribution in [2.24, 2.45) is 0 Å². The molecule has 0 bridgehead atoms. The van der Waals surface area contributed by atoms with Crippen LogP contribution in [0.4, 0.5) is 0 Å². The molecule has 0 amide bonds. The SMILES string of the molecule is CC(OC(=O)C(c1ccccc1)c1ccccc1)C1CNCCN1.Cl.Cl. The number of hydrogen-bond donors (Lipinski definition) is 2. The van der Waals surface area contributed by atoms with Crippen molar-refractivity contribution in [1.29, 1.82) is 0 Å². The highest BCUT2D eigenvalue weighted by Gasteiger charge is 2.28. The number of hydrogen-bond acceptors (Lipinski definition) is 4. The van der Waals surface area contributed by atoms with Crippen LogP contribution in [-0.2, 0) is 9.53 Å². The van der Waals surface area contributed by atoms with Gasteiger partial charge in [0.05, 0.1) is 6.04 Å². The van der Waals surface area contributed by atoms with Gasteiger partial charge < -0.3 is 15.4 Å². The van der Waals surface area contributed by atoms with Crippen molar-refractivity contribution in [3.05, 3.63) is 71.8 Å². The van der Waals surface area contributed by atoms with Crippen LogP contribution in [-0.4, -0.2) is 37.7 Å². The van der Waals surface area contributed by atoms with Crippen LogP contribution in [0.3, 0.4) is 0 Å². The molecule has 0 saturated carbocycles. The fourth-order valence-corrected chi connectivity index (χ4v) is 3.10. The molecular weight excluding hydrogens is 371 g/mol. The van der Waals surface area contributed by atoms with Crippen LogP contribution >= 0.6 is 24.8 Å². The van der Waals surface area contributed by atoms with Gasteiger partial charge in [0.1, 0.15) is 12.0 Å². The van der Waals surface area contributed by atoms with Crippen LogP contribution < -0.4 is 10.6 Å². The normalized spacial score (nSPS) is 17.5. The first-order valence-electron chi connectivity index (χ1n) is 8.50. The first-order chi connectivity index (χ1) is 11.8. The molecular formula is C20H26Cl2N2O2. The monoisotopic (exact) mass is 396 g/mol. The van der Waals surface area contributed by atoms with E-state index in [4.69, 9.17) is 4.74 Å². The van der Waals surface area contributed by atoms with E-state index in [1.807, 2.05) is 67.6 Å². The van der Waals surface area contributed by atoms with Crippen molar-refractivity contribution in [1.82, 2.24) is 10.6 Å². The van der Waals surface area contributed by atoms with Gasteiger partial charge in [-0.2, -0.15) is 0 Å². The Kier molecular flexibility index (Phi) is 9.66. The molecule has 1 aliphatic heterocycles. The fraction of sp³-hybridized carbons (Fsp3) is 0.350. The summed E-state index contributed by atoms with van der Waals surface area (Å²) >= 11 is 0. The second-order valence-corrected chi connectivity index (χ2v) is 6.16. The van der Waals surface area contributed by atoms with Crippen molar-refractivity contribution in [2.45, 2.75) is 25.0 Å². The number of ether oxygens (including phenoxy) is 1. The Morgan fingerprint density at radius 3 is 1.96 bits per heavy atom. The van der Waals surface area contributed by atoms with Crippen LogP contribution in [0.15, 0.2) is 60.7 Å². The summed E-state index contributed by atoms with van der Waals surface area (Å²) in [5.41, 5.74) is 1.91. The van der Waals surface area contributed by atoms with Gasteiger partial charge in [0.15, 0.2) is 0 Å². The first-order valence-corrected chi connectivity index (χ1v) is 8.50. The largest absolute Gasteiger partial charge is 0.460 e. The van der Waals surface area contributed by atoms with Crippen molar-refractivity contribution >= 4 is 30.8 Å². The second kappa shape index (κ2) is 11.2. The molecule has 142 valence electrons. The molecule has 0 aliphatic carbocycles. The van der Waals surface area contributed by atoms with Gasteiger partial charge in [0.2, 0.25) is 0 Å². The lowest BCUT2D eigenvalue weighted by Crippen LogP contribution is -2.54. The van der Waals surface area contributed by atoms with E-state index in [2.05, 4.69) is 10.6 Å². The fourth-order valence-electron chi connectivity index (χ4n) is 3.10. The molecule has 0 spiro atoms. The number of halogens is 2. The predicted molar refractivity (Wildman–Crippen MR) is 109 cm³/mol. The zero-order valence-corrected chi connectivity index (χ0v) is 16.4. The van der Waals surface area contributed by atoms with Gasteiger partial charge >= 0.3 is 5.97 Å². The summed E-state index contributed by atoms with van der Waals surface area (Å²) in [6.45, 7) is 4.62. The van der Waals surface area contributed by atoms with Gasteiger partial charge in [-0.05, 0) is 18.1 Å². The van der Waals surface area contributed by atoms with Gasteiger partial charge in [-0.1, -0.05) is 60.7 Å². The standard InChI is InChI=1S/C20H24N2O2.2ClH/c1-15(18-14-21-12-13-22-18)24-20(23)19(16-8-4-2-5-9-16)17-10-6-3-7-11-17;;/h2-11,15,18-19,21-22H,12-14H2,1H3;2*1H. The summed E-state index contributed by atoms with van der Waals surface area (Å²) in [5.74, 6) is -0.598. The molecule has 4 nitrogen and oxygen atoms in total. The van der Waals surface area contributed by atoms with E-state index in [9.17, 15) is 4.79 Å². The van der Waals surface area contributed by atoms with Crippen molar-refractivity contribution in [2.75, 3.05) is 19.6 Å². The number of nitrogens with one attached hydrogen (secondary N) is 2. The summed E-state index contributed by atoms with van der Waals surface area (Å²) < 4.78 is 5.82. The Labute approximate surface area is 167 Å². The van der Waals surface area contributed by atoms with Crippen LogP contribution in [0.5, 0.6) is 0 Å². The zero-order chi connectivity index (χ0) is 16.8. The van der Waals surface area contributed by atoms with Crippen LogP contribution in [0.2, 0.25) is 0 Å². The van der Waals surface area contributed by atoms with Gasteiger partial charge in [0, 0.05) is 19.6 Å². The highest BCUT2D eigenvalue weighted by molar-refractivity contribution is 5.85. The molecule has 0 radical (unpaired) electrons. The topological polar surface area (TPSA) is 50.4 Å². The number of benzene rings is 2. The maximum atomic E-state index is 12.9. The summed E-state index contributed by atoms with van der Waals surface area (Å²) in [5, 5.41) is 6.73. The zero-order valence-electron chi connectivity index (χ0n) is 14.8. The molecule has 2 unspecified atom stereocenters. The number of piperazine rings is 1. The number of carbonyl (C=O) groups excluding carboxylic acids is 1. The molecule has 2 N–H and O–H groups in total. The Morgan fingerprint density at radius 2 is 1.50 bits per heavy atom. The Bertz CT molecular complexity index is 610. The third-order valence-corrected chi connectivity index (χ3v) is 4.44. The molecule has 2 atom stereocenters. The molecule has 0 aromatic heterocycles. The Balaban J connectivity index is 0.00000169. The molecule has 1 fully saturated rings. The molecule has 1 saturated heterocycles. The Morgan fingerprint density at radius 1 is 0.962 bits per heavy atom. The molecule has 26 heavy (non-hydrogen) atoms. The van der Waals surface area contributed by atoms with E-state index in [1.54, 1.807) is 0 Å². The van der Waals surface area contributed by atoms with Crippen LogP contribution in [0.1, 0.15) is 24.0 Å². The van der Waals surface area contributed by atoms with Crippen LogP contribution in [0.25, 0.3) is 0 Å². The summed E-state index contributed by atoms with van der Waals surface area (Å²) in [7, 11) is 0. The summed E-state index contributed by atoms with van der Waals surface area (Å²) in [6, 6.07) is 19.8. The van der Waals surface area contributed by atoms with E-state index >= 15 is 0 Å². The van der Waals surface area contributed by atoms with Crippen molar-refractivity contribution < 1.29 is 9.53 Å². The highest BCUT2D eigenvalue weighted by Crippen LogP contribution is 2.26. The Hall–Kier alpha value is -1.59. The molecule has 2 aromatic carbocycles. The second-order valence-electron chi connectivity index (χ2n) is 6.16. The third kappa shape index (κ3) is 5.71. The molecule has 1 heterocycles. The molecule has 2 aromatic rings. The quantitative estimate of drug-likeness (QED) is 0.762. The van der Waals surface area contributed by atoms with Gasteiger partial charge in [-0.3, -0.25) is 4.79 Å².